The Hall–Kier alpha value is -1.55. The highest BCUT2D eigenvalue weighted by molar-refractivity contribution is 5.90. The van der Waals surface area contributed by atoms with Gasteiger partial charge in [-0.25, -0.2) is 0 Å². The fraction of sp³-hybridized carbons (Fsp3) is 0.533. The largest absolute Gasteiger partial charge is 0.496 e. The summed E-state index contributed by atoms with van der Waals surface area (Å²) in [6, 6.07) is 5.63. The lowest BCUT2D eigenvalue weighted by Crippen LogP contribution is -2.14. The normalized spacial score (nSPS) is 12.0. The van der Waals surface area contributed by atoms with E-state index in [0.717, 1.165) is 29.8 Å². The second-order valence-electron chi connectivity index (χ2n) is 4.95. The van der Waals surface area contributed by atoms with Gasteiger partial charge in [-0.2, -0.15) is 0 Å². The van der Waals surface area contributed by atoms with E-state index in [2.05, 4.69) is 12.2 Å². The lowest BCUT2D eigenvalue weighted by atomic mass is 10.0. The van der Waals surface area contributed by atoms with Crippen LogP contribution in [0.2, 0.25) is 0 Å². The Morgan fingerprint density at radius 2 is 2.16 bits per heavy atom. The van der Waals surface area contributed by atoms with E-state index in [4.69, 9.17) is 10.5 Å². The summed E-state index contributed by atoms with van der Waals surface area (Å²) < 4.78 is 5.19. The number of benzene rings is 1. The van der Waals surface area contributed by atoms with Gasteiger partial charge in [0.2, 0.25) is 5.91 Å². The molecule has 0 aliphatic heterocycles. The average Bonchev–Trinajstić information content (AvgIpc) is 2.37. The van der Waals surface area contributed by atoms with E-state index in [1.54, 1.807) is 7.11 Å². The van der Waals surface area contributed by atoms with Gasteiger partial charge >= 0.3 is 0 Å². The van der Waals surface area contributed by atoms with Crippen LogP contribution in [0.15, 0.2) is 18.2 Å². The van der Waals surface area contributed by atoms with Crippen molar-refractivity contribution in [1.82, 2.24) is 0 Å². The predicted molar refractivity (Wildman–Crippen MR) is 78.4 cm³/mol. The smallest absolute Gasteiger partial charge is 0.224 e. The first-order valence-electron chi connectivity index (χ1n) is 6.71. The van der Waals surface area contributed by atoms with Crippen LogP contribution in [0.4, 0.5) is 5.69 Å². The summed E-state index contributed by atoms with van der Waals surface area (Å²) in [5.41, 5.74) is 7.32. The maximum atomic E-state index is 11.8. The minimum absolute atomic E-state index is 0.0495. The molecule has 0 aliphatic rings. The summed E-state index contributed by atoms with van der Waals surface area (Å²) in [4.78, 5) is 11.8. The number of nitrogens with two attached hydrogens (primary N) is 1. The molecule has 1 atom stereocenters. The summed E-state index contributed by atoms with van der Waals surface area (Å²) in [7, 11) is 1.64. The van der Waals surface area contributed by atoms with Crippen molar-refractivity contribution in [2.45, 2.75) is 33.1 Å². The summed E-state index contributed by atoms with van der Waals surface area (Å²) in [5, 5.41) is 2.91. The number of nitrogens with one attached hydrogen (secondary N) is 1. The Kier molecular flexibility index (Phi) is 6.36. The van der Waals surface area contributed by atoms with Gasteiger partial charge in [-0.05, 0) is 56.0 Å². The molecule has 0 aromatic heterocycles. The highest BCUT2D eigenvalue weighted by atomic mass is 16.5. The number of aryl methyl sites for hydroxylation is 1. The molecule has 1 unspecified atom stereocenters. The zero-order valence-electron chi connectivity index (χ0n) is 12.0. The Labute approximate surface area is 115 Å². The van der Waals surface area contributed by atoms with Crippen molar-refractivity contribution in [1.29, 1.82) is 0 Å². The van der Waals surface area contributed by atoms with Gasteiger partial charge in [0.25, 0.3) is 0 Å². The summed E-state index contributed by atoms with van der Waals surface area (Å²) in [5.74, 6) is 1.37. The molecule has 1 rings (SSSR count). The first-order chi connectivity index (χ1) is 9.06. The Morgan fingerprint density at radius 1 is 1.42 bits per heavy atom. The zero-order valence-corrected chi connectivity index (χ0v) is 12.0. The standard InChI is InChI=1S/C15H24N2O2/c1-11(8-9-16)4-7-15(18)17-13-5-6-14(19-3)12(2)10-13/h5-6,10-11H,4,7-9,16H2,1-3H3,(H,17,18). The van der Waals surface area contributed by atoms with Crippen molar-refractivity contribution < 1.29 is 9.53 Å². The van der Waals surface area contributed by atoms with Crippen LogP contribution in [0.5, 0.6) is 5.75 Å². The number of amides is 1. The number of rotatable bonds is 7. The Balaban J connectivity index is 2.46. The lowest BCUT2D eigenvalue weighted by molar-refractivity contribution is -0.116. The van der Waals surface area contributed by atoms with Crippen molar-refractivity contribution in [3.63, 3.8) is 0 Å². The van der Waals surface area contributed by atoms with Crippen LogP contribution in [-0.2, 0) is 4.79 Å². The number of anilines is 1. The molecule has 0 heterocycles. The second kappa shape index (κ2) is 7.79. The maximum Gasteiger partial charge on any atom is 0.224 e. The molecule has 0 spiro atoms. The molecule has 4 nitrogen and oxygen atoms in total. The molecule has 0 radical (unpaired) electrons. The van der Waals surface area contributed by atoms with Gasteiger partial charge in [0.1, 0.15) is 5.75 Å². The van der Waals surface area contributed by atoms with Crippen molar-refractivity contribution in [3.05, 3.63) is 23.8 Å². The molecule has 4 heteroatoms. The fourth-order valence-corrected chi connectivity index (χ4v) is 1.99. The SMILES string of the molecule is COc1ccc(NC(=O)CCC(C)CCN)cc1C. The van der Waals surface area contributed by atoms with Crippen LogP contribution in [-0.4, -0.2) is 19.6 Å². The third-order valence-corrected chi connectivity index (χ3v) is 3.20. The molecule has 106 valence electrons. The quantitative estimate of drug-likeness (QED) is 0.796. The highest BCUT2D eigenvalue weighted by Gasteiger charge is 2.07. The Bertz CT molecular complexity index is 419. The van der Waals surface area contributed by atoms with Gasteiger partial charge in [-0.15, -0.1) is 0 Å². The third-order valence-electron chi connectivity index (χ3n) is 3.20. The van der Waals surface area contributed by atoms with E-state index in [1.807, 2.05) is 25.1 Å². The van der Waals surface area contributed by atoms with Gasteiger partial charge in [0.15, 0.2) is 0 Å². The minimum atomic E-state index is 0.0495. The van der Waals surface area contributed by atoms with Gasteiger partial charge < -0.3 is 15.8 Å². The molecule has 1 amide bonds. The summed E-state index contributed by atoms with van der Waals surface area (Å²) >= 11 is 0. The number of ether oxygens (including phenoxy) is 1. The van der Waals surface area contributed by atoms with E-state index in [9.17, 15) is 4.79 Å². The molecule has 0 saturated heterocycles. The molecular weight excluding hydrogens is 240 g/mol. The second-order valence-corrected chi connectivity index (χ2v) is 4.95. The minimum Gasteiger partial charge on any atom is -0.496 e. The van der Waals surface area contributed by atoms with E-state index >= 15 is 0 Å². The van der Waals surface area contributed by atoms with E-state index in [0.29, 0.717) is 18.9 Å². The third kappa shape index (κ3) is 5.30. The van der Waals surface area contributed by atoms with Gasteiger partial charge in [0.05, 0.1) is 7.11 Å². The zero-order chi connectivity index (χ0) is 14.3. The van der Waals surface area contributed by atoms with E-state index < -0.39 is 0 Å². The molecule has 0 bridgehead atoms. The first kappa shape index (κ1) is 15.5. The number of carbonyl (C=O) groups excluding carboxylic acids is 1. The van der Waals surface area contributed by atoms with Crippen LogP contribution >= 0.6 is 0 Å². The van der Waals surface area contributed by atoms with Crippen LogP contribution in [0.25, 0.3) is 0 Å². The van der Waals surface area contributed by atoms with Gasteiger partial charge in [0, 0.05) is 12.1 Å². The molecule has 1 aromatic carbocycles. The first-order valence-corrected chi connectivity index (χ1v) is 6.71. The number of carbonyl (C=O) groups is 1. The topological polar surface area (TPSA) is 64.3 Å². The summed E-state index contributed by atoms with van der Waals surface area (Å²) in [6.45, 7) is 4.76. The molecule has 3 N–H and O–H groups in total. The van der Waals surface area contributed by atoms with Crippen LogP contribution in [0.3, 0.4) is 0 Å². The van der Waals surface area contributed by atoms with Crippen molar-refractivity contribution >= 4 is 11.6 Å². The number of methoxy groups -OCH3 is 1. The lowest BCUT2D eigenvalue weighted by Gasteiger charge is -2.11. The van der Waals surface area contributed by atoms with Crippen LogP contribution in [0, 0.1) is 12.8 Å². The average molecular weight is 264 g/mol. The molecule has 0 fully saturated rings. The molecule has 19 heavy (non-hydrogen) atoms. The maximum absolute atomic E-state index is 11.8. The summed E-state index contributed by atoms with van der Waals surface area (Å²) in [6.07, 6.45) is 2.37. The van der Waals surface area contributed by atoms with Crippen molar-refractivity contribution in [2.24, 2.45) is 11.7 Å². The van der Waals surface area contributed by atoms with Crippen LogP contribution in [0.1, 0.15) is 31.7 Å². The monoisotopic (exact) mass is 264 g/mol. The van der Waals surface area contributed by atoms with Crippen molar-refractivity contribution in [2.75, 3.05) is 19.0 Å². The highest BCUT2D eigenvalue weighted by Crippen LogP contribution is 2.21. The molecule has 0 saturated carbocycles. The van der Waals surface area contributed by atoms with Gasteiger partial charge in [-0.3, -0.25) is 4.79 Å². The predicted octanol–water partition coefficient (Wildman–Crippen LogP) is 2.71. The van der Waals surface area contributed by atoms with Gasteiger partial charge in [-0.1, -0.05) is 6.92 Å². The van der Waals surface area contributed by atoms with Crippen LogP contribution < -0.4 is 15.8 Å². The van der Waals surface area contributed by atoms with Crippen molar-refractivity contribution in [3.8, 4) is 5.75 Å². The molecule has 0 aliphatic carbocycles. The number of hydrogen-bond acceptors (Lipinski definition) is 3. The van der Waals surface area contributed by atoms with E-state index in [1.165, 1.54) is 0 Å². The molecular formula is C15H24N2O2. The molecule has 1 aromatic rings. The van der Waals surface area contributed by atoms with E-state index in [-0.39, 0.29) is 5.91 Å². The fourth-order valence-electron chi connectivity index (χ4n) is 1.99. The number of hydrogen-bond donors (Lipinski definition) is 2. The Morgan fingerprint density at radius 3 is 2.74 bits per heavy atom.